The number of nitrogens with one attached hydrogen (secondary N) is 2. The first-order valence-corrected chi connectivity index (χ1v) is 9.08. The van der Waals surface area contributed by atoms with Crippen LogP contribution in [0.1, 0.15) is 33.3 Å². The number of hydrogen-bond donors (Lipinski definition) is 4. The summed E-state index contributed by atoms with van der Waals surface area (Å²) in [5.41, 5.74) is 0.856. The highest BCUT2D eigenvalue weighted by Gasteiger charge is 2.06. The number of benzene rings is 1. The second-order valence-electron chi connectivity index (χ2n) is 6.84. The average Bonchev–Trinajstić information content (AvgIpc) is 2.61. The van der Waals surface area contributed by atoms with E-state index >= 15 is 0 Å². The Bertz CT molecular complexity index is 506. The molecule has 0 saturated carbocycles. The highest BCUT2D eigenvalue weighted by molar-refractivity contribution is 5.79. The van der Waals surface area contributed by atoms with Crippen molar-refractivity contribution in [3.05, 3.63) is 29.8 Å². The molecule has 0 aromatic heterocycles. The van der Waals surface area contributed by atoms with Gasteiger partial charge >= 0.3 is 0 Å². The standard InChI is InChI=1S/C19H33N3O4/c1-14(2)20-10-17(23)12-25-19-7-5-16(6-8-19)9-22-26-13-18(24)11-21-15(3)4/h5-9,14-15,17-18,20-21,23-24H,10-13H2,1-4H3/b22-9+. The van der Waals surface area contributed by atoms with Gasteiger partial charge in [0, 0.05) is 25.2 Å². The molecular weight excluding hydrogens is 334 g/mol. The van der Waals surface area contributed by atoms with E-state index in [4.69, 9.17) is 9.57 Å². The number of ether oxygens (including phenoxy) is 1. The van der Waals surface area contributed by atoms with Crippen LogP contribution in [0.4, 0.5) is 0 Å². The van der Waals surface area contributed by atoms with E-state index in [0.29, 0.717) is 30.9 Å². The van der Waals surface area contributed by atoms with Crippen molar-refractivity contribution in [2.75, 3.05) is 26.3 Å². The third-order valence-electron chi connectivity index (χ3n) is 3.39. The Morgan fingerprint density at radius 1 is 0.923 bits per heavy atom. The van der Waals surface area contributed by atoms with Crippen LogP contribution in [0.3, 0.4) is 0 Å². The minimum absolute atomic E-state index is 0.139. The molecule has 26 heavy (non-hydrogen) atoms. The molecule has 0 amide bonds. The van der Waals surface area contributed by atoms with Crippen LogP contribution >= 0.6 is 0 Å². The Morgan fingerprint density at radius 3 is 2.00 bits per heavy atom. The molecule has 148 valence electrons. The monoisotopic (exact) mass is 367 g/mol. The number of oxime groups is 1. The van der Waals surface area contributed by atoms with Crippen LogP contribution in [-0.4, -0.2) is 67.0 Å². The van der Waals surface area contributed by atoms with Gasteiger partial charge in [-0.15, -0.1) is 0 Å². The van der Waals surface area contributed by atoms with Gasteiger partial charge in [0.2, 0.25) is 0 Å². The van der Waals surface area contributed by atoms with Crippen molar-refractivity contribution >= 4 is 6.21 Å². The molecule has 1 aromatic carbocycles. The number of nitrogens with zero attached hydrogens (tertiary/aromatic N) is 1. The lowest BCUT2D eigenvalue weighted by atomic mass is 10.2. The SMILES string of the molecule is CC(C)NCC(O)CO/N=C/c1ccc(OCC(O)CNC(C)C)cc1. The molecule has 0 aliphatic carbocycles. The fourth-order valence-corrected chi connectivity index (χ4v) is 1.93. The molecular formula is C19H33N3O4. The largest absolute Gasteiger partial charge is 0.491 e. The normalized spacial score (nSPS) is 14.2. The molecule has 1 aromatic rings. The summed E-state index contributed by atoms with van der Waals surface area (Å²) >= 11 is 0. The van der Waals surface area contributed by atoms with Crippen LogP contribution in [0.25, 0.3) is 0 Å². The highest BCUT2D eigenvalue weighted by Crippen LogP contribution is 2.11. The predicted molar refractivity (Wildman–Crippen MR) is 104 cm³/mol. The van der Waals surface area contributed by atoms with Crippen LogP contribution in [0.5, 0.6) is 5.75 Å². The van der Waals surface area contributed by atoms with Crippen molar-refractivity contribution in [3.63, 3.8) is 0 Å². The first-order chi connectivity index (χ1) is 12.4. The molecule has 0 saturated heterocycles. The van der Waals surface area contributed by atoms with E-state index in [1.54, 1.807) is 6.21 Å². The summed E-state index contributed by atoms with van der Waals surface area (Å²) < 4.78 is 5.55. The van der Waals surface area contributed by atoms with Gasteiger partial charge in [-0.3, -0.25) is 0 Å². The second kappa shape index (κ2) is 12.6. The number of hydrogen-bond acceptors (Lipinski definition) is 7. The molecule has 0 radical (unpaired) electrons. The van der Waals surface area contributed by atoms with Gasteiger partial charge in [0.25, 0.3) is 0 Å². The Kier molecular flexibility index (Phi) is 10.9. The molecule has 1 rings (SSSR count). The van der Waals surface area contributed by atoms with Gasteiger partial charge in [-0.2, -0.15) is 0 Å². The first kappa shape index (κ1) is 22.4. The Hall–Kier alpha value is -1.67. The predicted octanol–water partition coefficient (Wildman–Crippen LogP) is 1.13. The average molecular weight is 367 g/mol. The molecule has 2 unspecified atom stereocenters. The van der Waals surface area contributed by atoms with Crippen LogP contribution in [0.2, 0.25) is 0 Å². The first-order valence-electron chi connectivity index (χ1n) is 9.08. The van der Waals surface area contributed by atoms with Crippen molar-refractivity contribution in [1.82, 2.24) is 10.6 Å². The van der Waals surface area contributed by atoms with Crippen LogP contribution in [0, 0.1) is 0 Å². The summed E-state index contributed by atoms with van der Waals surface area (Å²) in [7, 11) is 0. The fourth-order valence-electron chi connectivity index (χ4n) is 1.93. The van der Waals surface area contributed by atoms with Gasteiger partial charge in [-0.05, 0) is 29.8 Å². The fraction of sp³-hybridized carbons (Fsp3) is 0.632. The molecule has 0 aliphatic rings. The quantitative estimate of drug-likeness (QED) is 0.308. The third kappa shape index (κ3) is 11.0. The summed E-state index contributed by atoms with van der Waals surface area (Å²) in [5, 5.41) is 29.7. The Labute approximate surface area is 156 Å². The minimum atomic E-state index is -0.595. The lowest BCUT2D eigenvalue weighted by Crippen LogP contribution is -2.35. The maximum atomic E-state index is 9.82. The maximum absolute atomic E-state index is 9.82. The van der Waals surface area contributed by atoms with E-state index in [1.807, 2.05) is 52.0 Å². The van der Waals surface area contributed by atoms with E-state index in [0.717, 1.165) is 5.56 Å². The summed E-state index contributed by atoms with van der Waals surface area (Å²) in [4.78, 5) is 5.10. The van der Waals surface area contributed by atoms with E-state index in [1.165, 1.54) is 0 Å². The summed E-state index contributed by atoms with van der Waals surface area (Å²) in [6.45, 7) is 9.43. The molecule has 2 atom stereocenters. The lowest BCUT2D eigenvalue weighted by molar-refractivity contribution is 0.0401. The van der Waals surface area contributed by atoms with Crippen molar-refractivity contribution in [2.45, 2.75) is 52.0 Å². The molecule has 0 spiro atoms. The van der Waals surface area contributed by atoms with Crippen LogP contribution in [0.15, 0.2) is 29.4 Å². The van der Waals surface area contributed by atoms with E-state index in [9.17, 15) is 10.2 Å². The van der Waals surface area contributed by atoms with Crippen molar-refractivity contribution in [1.29, 1.82) is 0 Å². The number of rotatable bonds is 13. The lowest BCUT2D eigenvalue weighted by Gasteiger charge is -2.15. The van der Waals surface area contributed by atoms with Crippen molar-refractivity contribution in [2.24, 2.45) is 5.16 Å². The van der Waals surface area contributed by atoms with Gasteiger partial charge in [0.05, 0.1) is 6.21 Å². The summed E-state index contributed by atoms with van der Waals surface area (Å²) in [6.07, 6.45) is 0.430. The summed E-state index contributed by atoms with van der Waals surface area (Å²) in [6, 6.07) is 7.96. The summed E-state index contributed by atoms with van der Waals surface area (Å²) in [5.74, 6) is 0.682. The Balaban J connectivity index is 2.27. The minimum Gasteiger partial charge on any atom is -0.491 e. The topological polar surface area (TPSA) is 95.3 Å². The van der Waals surface area contributed by atoms with Crippen LogP contribution < -0.4 is 15.4 Å². The van der Waals surface area contributed by atoms with Gasteiger partial charge in [0.1, 0.15) is 31.2 Å². The van der Waals surface area contributed by atoms with E-state index < -0.39 is 12.2 Å². The zero-order chi connectivity index (χ0) is 19.4. The third-order valence-corrected chi connectivity index (χ3v) is 3.39. The molecule has 7 heteroatoms. The number of aliphatic hydroxyl groups excluding tert-OH is 2. The van der Waals surface area contributed by atoms with Gasteiger partial charge < -0.3 is 30.4 Å². The van der Waals surface area contributed by atoms with E-state index in [2.05, 4.69) is 15.8 Å². The van der Waals surface area contributed by atoms with Gasteiger partial charge in [-0.1, -0.05) is 32.9 Å². The zero-order valence-corrected chi connectivity index (χ0v) is 16.2. The van der Waals surface area contributed by atoms with Crippen LogP contribution in [-0.2, 0) is 4.84 Å². The smallest absolute Gasteiger partial charge is 0.144 e. The molecule has 4 N–H and O–H groups in total. The molecule has 0 aliphatic heterocycles. The van der Waals surface area contributed by atoms with E-state index in [-0.39, 0.29) is 13.2 Å². The van der Waals surface area contributed by atoms with Gasteiger partial charge in [0.15, 0.2) is 0 Å². The molecule has 7 nitrogen and oxygen atoms in total. The molecule has 0 bridgehead atoms. The van der Waals surface area contributed by atoms with Crippen molar-refractivity contribution < 1.29 is 19.8 Å². The molecule has 0 heterocycles. The van der Waals surface area contributed by atoms with Gasteiger partial charge in [-0.25, -0.2) is 0 Å². The zero-order valence-electron chi connectivity index (χ0n) is 16.2. The second-order valence-corrected chi connectivity index (χ2v) is 6.84. The van der Waals surface area contributed by atoms with Crippen molar-refractivity contribution in [3.8, 4) is 5.75 Å². The highest BCUT2D eigenvalue weighted by atomic mass is 16.6. The maximum Gasteiger partial charge on any atom is 0.144 e. The Morgan fingerprint density at radius 2 is 1.46 bits per heavy atom. The molecule has 0 fully saturated rings. The number of aliphatic hydroxyl groups is 2.